The molecule has 168 valence electrons. The van der Waals surface area contributed by atoms with Crippen LogP contribution in [0, 0.1) is 5.41 Å². The highest BCUT2D eigenvalue weighted by Gasteiger charge is 2.44. The van der Waals surface area contributed by atoms with Gasteiger partial charge in [0.25, 0.3) is 0 Å². The van der Waals surface area contributed by atoms with Crippen LogP contribution in [-0.4, -0.2) is 53.2 Å². The van der Waals surface area contributed by atoms with Gasteiger partial charge in [-0.25, -0.2) is 9.59 Å². The summed E-state index contributed by atoms with van der Waals surface area (Å²) in [4.78, 5) is 38.4. The first-order valence-corrected chi connectivity index (χ1v) is 10.8. The molecule has 1 aliphatic heterocycles. The summed E-state index contributed by atoms with van der Waals surface area (Å²) >= 11 is 0. The van der Waals surface area contributed by atoms with E-state index < -0.39 is 35.5 Å². The van der Waals surface area contributed by atoms with Crippen LogP contribution in [0.5, 0.6) is 0 Å². The number of hydrogen-bond acceptors (Lipinski definition) is 4. The first kappa shape index (κ1) is 21.9. The lowest BCUT2D eigenvalue weighted by Gasteiger charge is -2.42. The number of ether oxygens (including phenoxy) is 1. The van der Waals surface area contributed by atoms with Crippen LogP contribution in [-0.2, 0) is 14.3 Å². The predicted octanol–water partition coefficient (Wildman–Crippen LogP) is 3.63. The SMILES string of the molecule is CC(C)(C)C(NC(=O)OCC1c2ccccc2-c2ccccc21)C(=O)N1CCC1C(=O)O. The van der Waals surface area contributed by atoms with Crippen molar-refractivity contribution in [3.8, 4) is 11.1 Å². The van der Waals surface area contributed by atoms with Crippen molar-refractivity contribution in [2.24, 2.45) is 5.41 Å². The summed E-state index contributed by atoms with van der Waals surface area (Å²) in [6, 6.07) is 14.4. The number of carbonyl (C=O) groups is 3. The Morgan fingerprint density at radius 1 is 1.06 bits per heavy atom. The van der Waals surface area contributed by atoms with Gasteiger partial charge in [0, 0.05) is 12.5 Å². The van der Waals surface area contributed by atoms with Crippen LogP contribution in [0.15, 0.2) is 48.5 Å². The smallest absolute Gasteiger partial charge is 0.407 e. The second kappa shape index (κ2) is 8.30. The van der Waals surface area contributed by atoms with E-state index in [1.165, 1.54) is 4.90 Å². The third kappa shape index (κ3) is 3.95. The average molecular weight is 437 g/mol. The fourth-order valence-electron chi connectivity index (χ4n) is 4.48. The summed E-state index contributed by atoms with van der Waals surface area (Å²) in [5.41, 5.74) is 3.88. The van der Waals surface area contributed by atoms with E-state index in [2.05, 4.69) is 17.4 Å². The molecule has 1 heterocycles. The van der Waals surface area contributed by atoms with Crippen LogP contribution in [0.1, 0.15) is 44.2 Å². The maximum atomic E-state index is 13.0. The molecular formula is C25H28N2O5. The molecule has 2 unspecified atom stereocenters. The first-order chi connectivity index (χ1) is 15.2. The Labute approximate surface area is 187 Å². The highest BCUT2D eigenvalue weighted by atomic mass is 16.5. The molecule has 0 saturated carbocycles. The van der Waals surface area contributed by atoms with E-state index in [0.717, 1.165) is 22.3 Å². The zero-order valence-electron chi connectivity index (χ0n) is 18.5. The van der Waals surface area contributed by atoms with E-state index in [4.69, 9.17) is 4.74 Å². The third-order valence-corrected chi connectivity index (χ3v) is 6.31. The van der Waals surface area contributed by atoms with E-state index in [0.29, 0.717) is 13.0 Å². The summed E-state index contributed by atoms with van der Waals surface area (Å²) < 4.78 is 5.58. The van der Waals surface area contributed by atoms with Gasteiger partial charge in [0.1, 0.15) is 18.7 Å². The lowest BCUT2D eigenvalue weighted by atomic mass is 9.84. The van der Waals surface area contributed by atoms with Gasteiger partial charge in [0.2, 0.25) is 5.91 Å². The summed E-state index contributed by atoms with van der Waals surface area (Å²) in [5, 5.41) is 12.0. The number of likely N-dealkylation sites (tertiary alicyclic amines) is 1. The van der Waals surface area contributed by atoms with Gasteiger partial charge >= 0.3 is 12.1 Å². The molecule has 1 fully saturated rings. The molecular weight excluding hydrogens is 408 g/mol. The van der Waals surface area contributed by atoms with Gasteiger partial charge in [-0.1, -0.05) is 69.3 Å². The van der Waals surface area contributed by atoms with E-state index in [1.54, 1.807) is 0 Å². The monoisotopic (exact) mass is 436 g/mol. The first-order valence-electron chi connectivity index (χ1n) is 10.8. The van der Waals surface area contributed by atoms with Crippen LogP contribution >= 0.6 is 0 Å². The summed E-state index contributed by atoms with van der Waals surface area (Å²) in [6.45, 7) is 6.00. The number of nitrogens with zero attached hydrogens (tertiary/aromatic N) is 1. The Kier molecular flexibility index (Phi) is 5.67. The molecule has 2 aromatic rings. The lowest BCUT2D eigenvalue weighted by molar-refractivity contribution is -0.159. The number of rotatable bonds is 5. The van der Waals surface area contributed by atoms with Gasteiger partial charge in [-0.15, -0.1) is 0 Å². The molecule has 0 bridgehead atoms. The van der Waals surface area contributed by atoms with Crippen LogP contribution in [0.4, 0.5) is 4.79 Å². The maximum Gasteiger partial charge on any atom is 0.407 e. The molecule has 2 atom stereocenters. The summed E-state index contributed by atoms with van der Waals surface area (Å²) in [6.07, 6.45) is -0.268. The van der Waals surface area contributed by atoms with Gasteiger partial charge in [-0.3, -0.25) is 4.79 Å². The van der Waals surface area contributed by atoms with Crippen molar-refractivity contribution in [2.75, 3.05) is 13.2 Å². The zero-order valence-corrected chi connectivity index (χ0v) is 18.5. The minimum absolute atomic E-state index is 0.0799. The van der Waals surface area contributed by atoms with Crippen molar-refractivity contribution in [3.63, 3.8) is 0 Å². The molecule has 0 aromatic heterocycles. The van der Waals surface area contributed by atoms with Crippen molar-refractivity contribution < 1.29 is 24.2 Å². The zero-order chi connectivity index (χ0) is 23.0. The molecule has 4 rings (SSSR count). The molecule has 2 N–H and O–H groups in total. The van der Waals surface area contributed by atoms with Crippen LogP contribution in [0.2, 0.25) is 0 Å². The summed E-state index contributed by atoms with van der Waals surface area (Å²) in [5.74, 6) is -1.51. The Morgan fingerprint density at radius 2 is 1.62 bits per heavy atom. The van der Waals surface area contributed by atoms with Crippen molar-refractivity contribution in [3.05, 3.63) is 59.7 Å². The van der Waals surface area contributed by atoms with Gasteiger partial charge in [0.05, 0.1) is 0 Å². The van der Waals surface area contributed by atoms with Gasteiger partial charge in [-0.05, 0) is 34.1 Å². The normalized spacial score (nSPS) is 18.2. The number of aliphatic carboxylic acids is 1. The van der Waals surface area contributed by atoms with Crippen molar-refractivity contribution in [2.45, 2.75) is 45.2 Å². The number of carboxylic acid groups (broad SMARTS) is 1. The van der Waals surface area contributed by atoms with Crippen molar-refractivity contribution >= 4 is 18.0 Å². The highest BCUT2D eigenvalue weighted by molar-refractivity contribution is 5.91. The second-order valence-electron chi connectivity index (χ2n) is 9.44. The van der Waals surface area contributed by atoms with E-state index >= 15 is 0 Å². The third-order valence-electron chi connectivity index (χ3n) is 6.31. The largest absolute Gasteiger partial charge is 0.480 e. The minimum Gasteiger partial charge on any atom is -0.480 e. The van der Waals surface area contributed by atoms with Crippen molar-refractivity contribution in [1.29, 1.82) is 0 Å². The van der Waals surface area contributed by atoms with E-state index in [9.17, 15) is 19.5 Å². The average Bonchev–Trinajstić information content (AvgIpc) is 3.02. The number of alkyl carbamates (subject to hydrolysis) is 1. The molecule has 0 radical (unpaired) electrons. The Hall–Kier alpha value is -3.35. The highest BCUT2D eigenvalue weighted by Crippen LogP contribution is 2.44. The number of hydrogen-bond donors (Lipinski definition) is 2. The molecule has 7 nitrogen and oxygen atoms in total. The molecule has 1 saturated heterocycles. The molecule has 2 aromatic carbocycles. The number of fused-ring (bicyclic) bond motifs is 3. The quantitative estimate of drug-likeness (QED) is 0.746. The van der Waals surface area contributed by atoms with Crippen LogP contribution in [0.3, 0.4) is 0 Å². The second-order valence-corrected chi connectivity index (χ2v) is 9.44. The number of carbonyl (C=O) groups excluding carboxylic acids is 2. The van der Waals surface area contributed by atoms with E-state index in [1.807, 2.05) is 57.2 Å². The molecule has 32 heavy (non-hydrogen) atoms. The van der Waals surface area contributed by atoms with E-state index in [-0.39, 0.29) is 12.5 Å². The Balaban J connectivity index is 1.46. The summed E-state index contributed by atoms with van der Waals surface area (Å²) in [7, 11) is 0. The Bertz CT molecular complexity index is 1010. The number of amides is 2. The maximum absolute atomic E-state index is 13.0. The fourth-order valence-corrected chi connectivity index (χ4v) is 4.48. The molecule has 2 aliphatic rings. The Morgan fingerprint density at radius 3 is 2.09 bits per heavy atom. The minimum atomic E-state index is -1.03. The number of carboxylic acids is 1. The molecule has 0 spiro atoms. The molecule has 7 heteroatoms. The topological polar surface area (TPSA) is 95.9 Å². The van der Waals surface area contributed by atoms with Crippen LogP contribution < -0.4 is 5.32 Å². The predicted molar refractivity (Wildman–Crippen MR) is 119 cm³/mol. The van der Waals surface area contributed by atoms with Crippen molar-refractivity contribution in [1.82, 2.24) is 10.2 Å². The van der Waals surface area contributed by atoms with Gasteiger partial charge in [-0.2, -0.15) is 0 Å². The number of nitrogens with one attached hydrogen (secondary N) is 1. The lowest BCUT2D eigenvalue weighted by Crippen LogP contribution is -2.63. The van der Waals surface area contributed by atoms with Gasteiger partial charge in [0.15, 0.2) is 0 Å². The molecule has 1 aliphatic carbocycles. The van der Waals surface area contributed by atoms with Crippen LogP contribution in [0.25, 0.3) is 11.1 Å². The fraction of sp³-hybridized carbons (Fsp3) is 0.400. The standard InChI is InChI=1S/C25H28N2O5/c1-25(2,3)21(22(28)27-13-12-20(27)23(29)30)26-24(31)32-14-19-17-10-6-4-8-15(17)16-9-5-7-11-18(16)19/h4-11,19-21H,12-14H2,1-3H3,(H,26,31)(H,29,30). The number of benzene rings is 2. The van der Waals surface area contributed by atoms with Gasteiger partial charge < -0.3 is 20.1 Å². The molecule has 2 amide bonds.